The molecule has 98 valence electrons. The van der Waals surface area contributed by atoms with E-state index in [9.17, 15) is 10.1 Å². The fourth-order valence-corrected chi connectivity index (χ4v) is 2.80. The molecule has 1 aromatic carbocycles. The first-order chi connectivity index (χ1) is 8.66. The van der Waals surface area contributed by atoms with Gasteiger partial charge in [-0.05, 0) is 30.9 Å². The second kappa shape index (κ2) is 6.18. The van der Waals surface area contributed by atoms with Crippen LogP contribution in [0.3, 0.4) is 0 Å². The highest BCUT2D eigenvalue weighted by Crippen LogP contribution is 2.29. The lowest BCUT2D eigenvalue weighted by molar-refractivity contribution is -0.384. The average molecular weight is 313 g/mol. The molecule has 0 spiro atoms. The van der Waals surface area contributed by atoms with E-state index in [4.69, 9.17) is 0 Å². The fraction of sp³-hybridized carbons (Fsp3) is 0.538. The van der Waals surface area contributed by atoms with Crippen molar-refractivity contribution in [1.82, 2.24) is 0 Å². The van der Waals surface area contributed by atoms with Gasteiger partial charge in [0, 0.05) is 17.1 Å². The number of hydrogen-bond acceptors (Lipinski definition) is 3. The van der Waals surface area contributed by atoms with Gasteiger partial charge in [-0.15, -0.1) is 0 Å². The van der Waals surface area contributed by atoms with Crippen LogP contribution in [0.15, 0.2) is 22.7 Å². The van der Waals surface area contributed by atoms with Gasteiger partial charge < -0.3 is 5.32 Å². The maximum atomic E-state index is 11.0. The summed E-state index contributed by atoms with van der Waals surface area (Å²) >= 11 is 3.26. The maximum absolute atomic E-state index is 11.0. The number of benzene rings is 1. The van der Waals surface area contributed by atoms with Crippen molar-refractivity contribution in [3.63, 3.8) is 0 Å². The normalized spacial score (nSPS) is 16.5. The van der Waals surface area contributed by atoms with E-state index in [0.29, 0.717) is 11.6 Å². The molecule has 2 rings (SSSR count). The first-order valence-electron chi connectivity index (χ1n) is 6.34. The van der Waals surface area contributed by atoms with E-state index in [-0.39, 0.29) is 10.6 Å². The summed E-state index contributed by atoms with van der Waals surface area (Å²) in [6.45, 7) is 0.836. The summed E-state index contributed by atoms with van der Waals surface area (Å²) < 4.78 is 0.734. The number of halogens is 1. The number of nitro benzene ring substituents is 1. The molecule has 1 aliphatic rings. The maximum Gasteiger partial charge on any atom is 0.293 e. The molecule has 0 heterocycles. The molecule has 0 saturated heterocycles. The lowest BCUT2D eigenvalue weighted by atomic mass is 9.89. The number of nitrogens with zero attached hydrogens (tertiary/aromatic N) is 1. The molecule has 0 atom stereocenters. The monoisotopic (exact) mass is 312 g/mol. The predicted molar refractivity (Wildman–Crippen MR) is 75.9 cm³/mol. The van der Waals surface area contributed by atoms with E-state index in [0.717, 1.165) is 11.0 Å². The number of hydrogen-bond donors (Lipinski definition) is 1. The highest BCUT2D eigenvalue weighted by molar-refractivity contribution is 9.10. The summed E-state index contributed by atoms with van der Waals surface area (Å²) in [5.41, 5.74) is 0.758. The molecule has 0 aliphatic heterocycles. The Labute approximate surface area is 115 Å². The van der Waals surface area contributed by atoms with Gasteiger partial charge in [-0.1, -0.05) is 35.2 Å². The second-order valence-corrected chi connectivity index (χ2v) is 5.72. The molecular weight excluding hydrogens is 296 g/mol. The number of nitro groups is 1. The Balaban J connectivity index is 2.01. The molecule has 0 radical (unpaired) electrons. The molecule has 0 amide bonds. The van der Waals surface area contributed by atoms with Crippen molar-refractivity contribution in [1.29, 1.82) is 0 Å². The number of anilines is 1. The fourth-order valence-electron chi connectivity index (χ4n) is 2.45. The van der Waals surface area contributed by atoms with E-state index in [1.165, 1.54) is 32.1 Å². The summed E-state index contributed by atoms with van der Waals surface area (Å²) in [6.07, 6.45) is 6.37. The van der Waals surface area contributed by atoms with Crippen LogP contribution in [0.5, 0.6) is 0 Å². The minimum absolute atomic E-state index is 0.139. The van der Waals surface area contributed by atoms with Crippen LogP contribution in [-0.4, -0.2) is 11.5 Å². The first-order valence-corrected chi connectivity index (χ1v) is 7.14. The van der Waals surface area contributed by atoms with Crippen molar-refractivity contribution in [2.24, 2.45) is 5.92 Å². The van der Waals surface area contributed by atoms with Gasteiger partial charge in [-0.3, -0.25) is 10.1 Å². The van der Waals surface area contributed by atoms with Gasteiger partial charge in [0.2, 0.25) is 0 Å². The summed E-state index contributed by atoms with van der Waals surface area (Å²) in [6, 6.07) is 5.14. The topological polar surface area (TPSA) is 55.2 Å². The van der Waals surface area contributed by atoms with Crippen molar-refractivity contribution in [3.05, 3.63) is 32.8 Å². The third-order valence-electron chi connectivity index (χ3n) is 3.46. The zero-order chi connectivity index (χ0) is 13.0. The molecule has 1 aromatic rings. The summed E-state index contributed by atoms with van der Waals surface area (Å²) in [7, 11) is 0. The Morgan fingerprint density at radius 1 is 1.33 bits per heavy atom. The zero-order valence-electron chi connectivity index (χ0n) is 10.2. The lowest BCUT2D eigenvalue weighted by Gasteiger charge is -2.22. The van der Waals surface area contributed by atoms with Crippen LogP contribution in [0.4, 0.5) is 11.4 Å². The molecular formula is C13H17BrN2O2. The van der Waals surface area contributed by atoms with Gasteiger partial charge in [0.25, 0.3) is 5.69 Å². The van der Waals surface area contributed by atoms with Gasteiger partial charge in [-0.25, -0.2) is 0 Å². The van der Waals surface area contributed by atoms with Crippen LogP contribution in [0.1, 0.15) is 32.1 Å². The second-order valence-electron chi connectivity index (χ2n) is 4.80. The van der Waals surface area contributed by atoms with Gasteiger partial charge in [0.1, 0.15) is 5.69 Å². The Morgan fingerprint density at radius 3 is 2.72 bits per heavy atom. The predicted octanol–water partition coefficient (Wildman–Crippen LogP) is 4.35. The van der Waals surface area contributed by atoms with Crippen molar-refractivity contribution >= 4 is 27.3 Å². The molecule has 5 heteroatoms. The number of nitrogens with one attached hydrogen (secondary N) is 1. The molecule has 1 fully saturated rings. The first kappa shape index (κ1) is 13.3. The quantitative estimate of drug-likeness (QED) is 0.664. The lowest BCUT2D eigenvalue weighted by Crippen LogP contribution is -2.17. The van der Waals surface area contributed by atoms with E-state index in [1.807, 2.05) is 6.07 Å². The third kappa shape index (κ3) is 3.45. The minimum Gasteiger partial charge on any atom is -0.379 e. The third-order valence-corrected chi connectivity index (χ3v) is 3.96. The minimum atomic E-state index is -0.339. The summed E-state index contributed by atoms with van der Waals surface area (Å²) in [5, 5.41) is 14.2. The van der Waals surface area contributed by atoms with Gasteiger partial charge in [-0.2, -0.15) is 0 Å². The molecule has 1 N–H and O–H groups in total. The molecule has 0 unspecified atom stereocenters. The Kier molecular flexibility index (Phi) is 4.58. The van der Waals surface area contributed by atoms with Gasteiger partial charge in [0.05, 0.1) is 4.92 Å². The Hall–Kier alpha value is -1.10. The highest BCUT2D eigenvalue weighted by Gasteiger charge is 2.17. The SMILES string of the molecule is O=[N+]([O-])c1cc(Br)ccc1NCC1CCCCC1. The number of rotatable bonds is 4. The summed E-state index contributed by atoms with van der Waals surface area (Å²) in [5.74, 6) is 0.655. The van der Waals surface area contributed by atoms with Crippen LogP contribution in [0.25, 0.3) is 0 Å². The van der Waals surface area contributed by atoms with Crippen LogP contribution in [0.2, 0.25) is 0 Å². The van der Waals surface area contributed by atoms with Crippen LogP contribution < -0.4 is 5.32 Å². The van der Waals surface area contributed by atoms with Crippen molar-refractivity contribution < 1.29 is 4.92 Å². The largest absolute Gasteiger partial charge is 0.379 e. The Bertz CT molecular complexity index is 431. The standard InChI is InChI=1S/C13H17BrN2O2/c14-11-6-7-12(13(8-11)16(17)18)15-9-10-4-2-1-3-5-10/h6-8,10,15H,1-5,9H2. The van der Waals surface area contributed by atoms with Crippen molar-refractivity contribution in [2.45, 2.75) is 32.1 Å². The van der Waals surface area contributed by atoms with Crippen molar-refractivity contribution in [2.75, 3.05) is 11.9 Å². The van der Waals surface area contributed by atoms with E-state index in [2.05, 4.69) is 21.2 Å². The molecule has 0 aromatic heterocycles. The average Bonchev–Trinajstić information content (AvgIpc) is 2.38. The van der Waals surface area contributed by atoms with Crippen LogP contribution in [0, 0.1) is 16.0 Å². The summed E-state index contributed by atoms with van der Waals surface area (Å²) in [4.78, 5) is 10.6. The Morgan fingerprint density at radius 2 is 2.06 bits per heavy atom. The molecule has 4 nitrogen and oxygen atoms in total. The van der Waals surface area contributed by atoms with Gasteiger partial charge >= 0.3 is 0 Å². The molecule has 1 saturated carbocycles. The molecule has 0 bridgehead atoms. The smallest absolute Gasteiger partial charge is 0.293 e. The van der Waals surface area contributed by atoms with Crippen LogP contribution in [-0.2, 0) is 0 Å². The van der Waals surface area contributed by atoms with Crippen LogP contribution >= 0.6 is 15.9 Å². The van der Waals surface area contributed by atoms with Crippen molar-refractivity contribution in [3.8, 4) is 0 Å². The molecule has 18 heavy (non-hydrogen) atoms. The molecule has 1 aliphatic carbocycles. The van der Waals surface area contributed by atoms with E-state index >= 15 is 0 Å². The van der Waals surface area contributed by atoms with E-state index < -0.39 is 0 Å². The zero-order valence-corrected chi connectivity index (χ0v) is 11.8. The van der Waals surface area contributed by atoms with Gasteiger partial charge in [0.15, 0.2) is 0 Å². The van der Waals surface area contributed by atoms with E-state index in [1.54, 1.807) is 12.1 Å². The highest BCUT2D eigenvalue weighted by atomic mass is 79.9.